The van der Waals surface area contributed by atoms with E-state index < -0.39 is 23.6 Å². The molecule has 0 unspecified atom stereocenters. The summed E-state index contributed by atoms with van der Waals surface area (Å²) in [5.74, 6) is -1.90. The topological polar surface area (TPSA) is 92.7 Å². The van der Waals surface area contributed by atoms with Gasteiger partial charge in [-0.2, -0.15) is 0 Å². The number of nitrogens with one attached hydrogen (secondary N) is 1. The van der Waals surface area contributed by atoms with Gasteiger partial charge in [0.25, 0.3) is 0 Å². The zero-order chi connectivity index (χ0) is 15.9. The first-order valence-electron chi connectivity index (χ1n) is 6.75. The molecule has 0 saturated heterocycles. The molecule has 0 aliphatic carbocycles. The summed E-state index contributed by atoms with van der Waals surface area (Å²) in [6.45, 7) is 9.04. The standard InChI is InChI=1S/C14H25NO5/c1-9(2)6-7-11(16)15-10(13(18)19)8-12(17)20-14(3,4)5/h9-10H,6-8H2,1-5H3,(H,15,16)(H,18,19)/t10-/m0/s1. The molecule has 0 radical (unpaired) electrons. The molecule has 0 aliphatic heterocycles. The lowest BCUT2D eigenvalue weighted by atomic mass is 10.1. The van der Waals surface area contributed by atoms with Gasteiger partial charge in [0.1, 0.15) is 11.6 Å². The third-order valence-electron chi connectivity index (χ3n) is 2.37. The predicted molar refractivity (Wildman–Crippen MR) is 74.1 cm³/mol. The maximum absolute atomic E-state index is 11.6. The van der Waals surface area contributed by atoms with Gasteiger partial charge >= 0.3 is 11.9 Å². The van der Waals surface area contributed by atoms with Gasteiger partial charge in [-0.05, 0) is 33.1 Å². The second-order valence-electron chi connectivity index (χ2n) is 6.18. The van der Waals surface area contributed by atoms with E-state index in [0.717, 1.165) is 0 Å². The minimum atomic E-state index is -1.25. The van der Waals surface area contributed by atoms with Crippen molar-refractivity contribution in [3.63, 3.8) is 0 Å². The van der Waals surface area contributed by atoms with Crippen LogP contribution in [-0.4, -0.2) is 34.6 Å². The van der Waals surface area contributed by atoms with Crippen LogP contribution in [0.1, 0.15) is 53.9 Å². The number of hydrogen-bond acceptors (Lipinski definition) is 4. The van der Waals surface area contributed by atoms with Crippen molar-refractivity contribution in [2.75, 3.05) is 0 Å². The zero-order valence-corrected chi connectivity index (χ0v) is 12.9. The Labute approximate surface area is 119 Å². The van der Waals surface area contributed by atoms with Gasteiger partial charge in [-0.15, -0.1) is 0 Å². The van der Waals surface area contributed by atoms with E-state index in [1.165, 1.54) is 0 Å². The van der Waals surface area contributed by atoms with E-state index in [9.17, 15) is 14.4 Å². The molecule has 20 heavy (non-hydrogen) atoms. The van der Waals surface area contributed by atoms with Gasteiger partial charge in [-0.3, -0.25) is 9.59 Å². The molecule has 6 heteroatoms. The van der Waals surface area contributed by atoms with Crippen molar-refractivity contribution in [3.05, 3.63) is 0 Å². The van der Waals surface area contributed by atoms with Crippen molar-refractivity contribution in [2.24, 2.45) is 5.92 Å². The van der Waals surface area contributed by atoms with Crippen LogP contribution in [0.5, 0.6) is 0 Å². The Morgan fingerprint density at radius 3 is 2.15 bits per heavy atom. The fourth-order valence-electron chi connectivity index (χ4n) is 1.44. The zero-order valence-electron chi connectivity index (χ0n) is 12.9. The van der Waals surface area contributed by atoms with Crippen LogP contribution in [-0.2, 0) is 19.1 Å². The average Bonchev–Trinajstić information content (AvgIpc) is 2.22. The molecule has 0 saturated carbocycles. The van der Waals surface area contributed by atoms with E-state index in [0.29, 0.717) is 12.3 Å². The average molecular weight is 287 g/mol. The van der Waals surface area contributed by atoms with E-state index in [4.69, 9.17) is 9.84 Å². The number of amides is 1. The Balaban J connectivity index is 4.41. The SMILES string of the molecule is CC(C)CCC(=O)N[C@@H](CC(=O)OC(C)(C)C)C(=O)O. The maximum Gasteiger partial charge on any atom is 0.326 e. The molecular formula is C14H25NO5. The summed E-state index contributed by atoms with van der Waals surface area (Å²) in [4.78, 5) is 34.2. The number of aliphatic carboxylic acids is 1. The molecule has 2 N–H and O–H groups in total. The molecule has 0 aromatic rings. The quantitative estimate of drug-likeness (QED) is 0.695. The second-order valence-corrected chi connectivity index (χ2v) is 6.18. The predicted octanol–water partition coefficient (Wildman–Crippen LogP) is 1.72. The monoisotopic (exact) mass is 287 g/mol. The number of ether oxygens (including phenoxy) is 1. The van der Waals surface area contributed by atoms with Crippen LogP contribution in [0.2, 0.25) is 0 Å². The van der Waals surface area contributed by atoms with Crippen LogP contribution in [0.25, 0.3) is 0 Å². The first kappa shape index (κ1) is 18.4. The first-order chi connectivity index (χ1) is 9.01. The number of carboxylic acids is 1. The second kappa shape index (κ2) is 7.87. The summed E-state index contributed by atoms with van der Waals surface area (Å²) < 4.78 is 5.04. The van der Waals surface area contributed by atoms with E-state index in [1.54, 1.807) is 20.8 Å². The summed E-state index contributed by atoms with van der Waals surface area (Å²) in [5.41, 5.74) is -0.679. The highest BCUT2D eigenvalue weighted by Gasteiger charge is 2.26. The Kier molecular flexibility index (Phi) is 7.24. The highest BCUT2D eigenvalue weighted by molar-refractivity contribution is 5.87. The smallest absolute Gasteiger partial charge is 0.326 e. The van der Waals surface area contributed by atoms with Crippen molar-refractivity contribution < 1.29 is 24.2 Å². The van der Waals surface area contributed by atoms with Gasteiger partial charge in [-0.25, -0.2) is 4.79 Å². The highest BCUT2D eigenvalue weighted by Crippen LogP contribution is 2.10. The lowest BCUT2D eigenvalue weighted by Gasteiger charge is -2.21. The fourth-order valence-corrected chi connectivity index (χ4v) is 1.44. The fraction of sp³-hybridized carbons (Fsp3) is 0.786. The van der Waals surface area contributed by atoms with Crippen molar-refractivity contribution in [2.45, 2.75) is 65.5 Å². The molecule has 0 bridgehead atoms. The van der Waals surface area contributed by atoms with Crippen LogP contribution < -0.4 is 5.32 Å². The normalized spacial score (nSPS) is 12.9. The van der Waals surface area contributed by atoms with E-state index >= 15 is 0 Å². The van der Waals surface area contributed by atoms with Crippen molar-refractivity contribution in [1.29, 1.82) is 0 Å². The number of carbonyl (C=O) groups is 3. The molecule has 1 amide bonds. The Hall–Kier alpha value is -1.59. The van der Waals surface area contributed by atoms with Crippen LogP contribution in [0, 0.1) is 5.92 Å². The Bertz CT molecular complexity index is 357. The van der Waals surface area contributed by atoms with Crippen LogP contribution >= 0.6 is 0 Å². The first-order valence-corrected chi connectivity index (χ1v) is 6.75. The third kappa shape index (κ3) is 9.35. The maximum atomic E-state index is 11.6. The summed E-state index contributed by atoms with van der Waals surface area (Å²) in [5, 5.41) is 11.4. The third-order valence-corrected chi connectivity index (χ3v) is 2.37. The Morgan fingerprint density at radius 1 is 1.20 bits per heavy atom. The highest BCUT2D eigenvalue weighted by atomic mass is 16.6. The Morgan fingerprint density at radius 2 is 1.75 bits per heavy atom. The van der Waals surface area contributed by atoms with E-state index in [-0.39, 0.29) is 18.7 Å². The minimum absolute atomic E-state index is 0.246. The van der Waals surface area contributed by atoms with Crippen LogP contribution in [0.4, 0.5) is 0 Å². The van der Waals surface area contributed by atoms with Gasteiger partial charge in [0, 0.05) is 6.42 Å². The number of esters is 1. The van der Waals surface area contributed by atoms with Crippen LogP contribution in [0.15, 0.2) is 0 Å². The number of rotatable bonds is 7. The van der Waals surface area contributed by atoms with Gasteiger partial charge in [-0.1, -0.05) is 13.8 Å². The molecule has 0 aromatic heterocycles. The molecule has 0 heterocycles. The summed E-state index contributed by atoms with van der Waals surface area (Å²) >= 11 is 0. The molecule has 0 fully saturated rings. The lowest BCUT2D eigenvalue weighted by Crippen LogP contribution is -2.43. The summed E-state index contributed by atoms with van der Waals surface area (Å²) in [7, 11) is 0. The largest absolute Gasteiger partial charge is 0.480 e. The summed E-state index contributed by atoms with van der Waals surface area (Å²) in [6.07, 6.45) is 0.542. The lowest BCUT2D eigenvalue weighted by molar-refractivity contribution is -0.158. The summed E-state index contributed by atoms with van der Waals surface area (Å²) in [6, 6.07) is -1.25. The van der Waals surface area contributed by atoms with Crippen molar-refractivity contribution >= 4 is 17.8 Å². The van der Waals surface area contributed by atoms with Gasteiger partial charge < -0.3 is 15.2 Å². The molecule has 0 aliphatic rings. The van der Waals surface area contributed by atoms with E-state index in [1.807, 2.05) is 13.8 Å². The number of carboxylic acid groups (broad SMARTS) is 1. The minimum Gasteiger partial charge on any atom is -0.480 e. The molecule has 6 nitrogen and oxygen atoms in total. The van der Waals surface area contributed by atoms with Crippen LogP contribution in [0.3, 0.4) is 0 Å². The number of hydrogen-bond donors (Lipinski definition) is 2. The van der Waals surface area contributed by atoms with Gasteiger partial charge in [0.15, 0.2) is 0 Å². The van der Waals surface area contributed by atoms with Crippen molar-refractivity contribution in [1.82, 2.24) is 5.32 Å². The molecule has 0 aromatic carbocycles. The van der Waals surface area contributed by atoms with E-state index in [2.05, 4.69) is 5.32 Å². The van der Waals surface area contributed by atoms with Crippen molar-refractivity contribution in [3.8, 4) is 0 Å². The molecule has 0 spiro atoms. The molecule has 116 valence electrons. The molecular weight excluding hydrogens is 262 g/mol. The van der Waals surface area contributed by atoms with Gasteiger partial charge in [0.05, 0.1) is 6.42 Å². The number of carbonyl (C=O) groups excluding carboxylic acids is 2. The molecule has 1 atom stereocenters. The molecule has 0 rings (SSSR count). The van der Waals surface area contributed by atoms with Gasteiger partial charge in [0.2, 0.25) is 5.91 Å².